The van der Waals surface area contributed by atoms with Gasteiger partial charge in [-0.05, 0) is 24.3 Å². The summed E-state index contributed by atoms with van der Waals surface area (Å²) < 4.78 is 0. The molecule has 0 unspecified atom stereocenters. The Kier molecular flexibility index (Phi) is 4.60. The zero-order valence-corrected chi connectivity index (χ0v) is 12.9. The van der Waals surface area contributed by atoms with E-state index in [9.17, 15) is 10.1 Å². The predicted octanol–water partition coefficient (Wildman–Crippen LogP) is 3.16. The Morgan fingerprint density at radius 2 is 1.82 bits per heavy atom. The van der Waals surface area contributed by atoms with Crippen LogP contribution in [0.1, 0.15) is 0 Å². The molecule has 22 heavy (non-hydrogen) atoms. The molecule has 1 aliphatic rings. The van der Waals surface area contributed by atoms with Crippen LogP contribution in [-0.4, -0.2) is 31.1 Å². The van der Waals surface area contributed by atoms with Crippen LogP contribution in [0.2, 0.25) is 0 Å². The fourth-order valence-electron chi connectivity index (χ4n) is 2.47. The fourth-order valence-corrected chi connectivity index (χ4v) is 3.39. The Bertz CT molecular complexity index is 658. The van der Waals surface area contributed by atoms with Crippen molar-refractivity contribution in [2.45, 2.75) is 9.79 Å². The van der Waals surface area contributed by atoms with Crippen molar-refractivity contribution in [3.8, 4) is 0 Å². The van der Waals surface area contributed by atoms with Crippen molar-refractivity contribution in [2.75, 3.05) is 31.1 Å². The Labute approximate surface area is 133 Å². The summed E-state index contributed by atoms with van der Waals surface area (Å²) in [5.74, 6) is 0. The molecule has 5 nitrogen and oxygen atoms in total. The predicted molar refractivity (Wildman–Crippen MR) is 88.7 cm³/mol. The third kappa shape index (κ3) is 3.40. The Balaban J connectivity index is 1.88. The van der Waals surface area contributed by atoms with E-state index >= 15 is 0 Å². The normalized spacial score (nSPS) is 14.8. The van der Waals surface area contributed by atoms with E-state index in [4.69, 9.17) is 0 Å². The highest BCUT2D eigenvalue weighted by atomic mass is 32.2. The molecule has 3 rings (SSSR count). The van der Waals surface area contributed by atoms with Gasteiger partial charge in [-0.1, -0.05) is 30.0 Å². The second kappa shape index (κ2) is 6.81. The lowest BCUT2D eigenvalue weighted by Gasteiger charge is -2.29. The van der Waals surface area contributed by atoms with Crippen LogP contribution < -0.4 is 10.2 Å². The van der Waals surface area contributed by atoms with Crippen LogP contribution in [-0.2, 0) is 0 Å². The van der Waals surface area contributed by atoms with E-state index in [1.54, 1.807) is 6.07 Å². The van der Waals surface area contributed by atoms with Crippen LogP contribution in [0, 0.1) is 10.1 Å². The van der Waals surface area contributed by atoms with Gasteiger partial charge in [0, 0.05) is 42.8 Å². The van der Waals surface area contributed by atoms with Crippen molar-refractivity contribution in [3.63, 3.8) is 0 Å². The van der Waals surface area contributed by atoms with Gasteiger partial charge in [0.25, 0.3) is 5.69 Å². The first kappa shape index (κ1) is 14.9. The molecule has 1 saturated heterocycles. The molecular weight excluding hydrogens is 298 g/mol. The van der Waals surface area contributed by atoms with Crippen molar-refractivity contribution < 1.29 is 4.92 Å². The minimum absolute atomic E-state index is 0.171. The molecule has 1 heterocycles. The van der Waals surface area contributed by atoms with Gasteiger partial charge in [-0.3, -0.25) is 10.1 Å². The molecule has 0 aromatic heterocycles. The van der Waals surface area contributed by atoms with E-state index in [2.05, 4.69) is 10.2 Å². The molecule has 1 aliphatic heterocycles. The van der Waals surface area contributed by atoms with Gasteiger partial charge in [0.15, 0.2) is 0 Å². The number of nitro groups is 1. The Morgan fingerprint density at radius 1 is 1.09 bits per heavy atom. The van der Waals surface area contributed by atoms with Crippen molar-refractivity contribution in [1.29, 1.82) is 0 Å². The van der Waals surface area contributed by atoms with E-state index in [-0.39, 0.29) is 10.6 Å². The molecule has 6 heteroatoms. The highest BCUT2D eigenvalue weighted by Crippen LogP contribution is 2.37. The van der Waals surface area contributed by atoms with Gasteiger partial charge in [0.05, 0.1) is 9.82 Å². The number of nitrogens with one attached hydrogen (secondary N) is 1. The number of benzene rings is 2. The quantitative estimate of drug-likeness (QED) is 0.694. The van der Waals surface area contributed by atoms with Crippen molar-refractivity contribution in [2.24, 2.45) is 0 Å². The lowest BCUT2D eigenvalue weighted by Crippen LogP contribution is -2.43. The second-order valence-electron chi connectivity index (χ2n) is 5.06. The number of anilines is 1. The highest BCUT2D eigenvalue weighted by Gasteiger charge is 2.19. The molecule has 0 atom stereocenters. The first-order valence-corrected chi connectivity index (χ1v) is 8.03. The van der Waals surface area contributed by atoms with Gasteiger partial charge in [-0.15, -0.1) is 0 Å². The van der Waals surface area contributed by atoms with E-state index in [0.717, 1.165) is 36.8 Å². The standard InChI is InChI=1S/C16H17N3O2S/c20-19(21)15-12-13(18-10-8-17-9-11-18)6-7-16(15)22-14-4-2-1-3-5-14/h1-7,12,17H,8-11H2. The minimum Gasteiger partial charge on any atom is -0.369 e. The van der Waals surface area contributed by atoms with Crippen LogP contribution >= 0.6 is 11.8 Å². The average molecular weight is 315 g/mol. The summed E-state index contributed by atoms with van der Waals surface area (Å²) in [7, 11) is 0. The van der Waals surface area contributed by atoms with Gasteiger partial charge < -0.3 is 10.2 Å². The summed E-state index contributed by atoms with van der Waals surface area (Å²) >= 11 is 1.43. The van der Waals surface area contributed by atoms with Gasteiger partial charge in [0.1, 0.15) is 0 Å². The van der Waals surface area contributed by atoms with Gasteiger partial charge in [-0.25, -0.2) is 0 Å². The van der Waals surface area contributed by atoms with Gasteiger partial charge in [0.2, 0.25) is 0 Å². The molecule has 0 saturated carbocycles. The Morgan fingerprint density at radius 3 is 2.50 bits per heavy atom. The molecule has 0 radical (unpaired) electrons. The van der Waals surface area contributed by atoms with E-state index < -0.39 is 0 Å². The number of piperazine rings is 1. The molecule has 0 amide bonds. The summed E-state index contributed by atoms with van der Waals surface area (Å²) in [6.45, 7) is 3.58. The summed E-state index contributed by atoms with van der Waals surface area (Å²) in [4.78, 5) is 15.0. The zero-order valence-electron chi connectivity index (χ0n) is 12.1. The maximum Gasteiger partial charge on any atom is 0.285 e. The van der Waals surface area contributed by atoms with Crippen LogP contribution in [0.25, 0.3) is 0 Å². The largest absolute Gasteiger partial charge is 0.369 e. The molecule has 0 aliphatic carbocycles. The number of hydrogen-bond donors (Lipinski definition) is 1. The molecule has 114 valence electrons. The van der Waals surface area contributed by atoms with Crippen LogP contribution in [0.15, 0.2) is 58.3 Å². The zero-order chi connectivity index (χ0) is 15.4. The third-order valence-electron chi connectivity index (χ3n) is 3.59. The Hall–Kier alpha value is -2.05. The van der Waals surface area contributed by atoms with Gasteiger partial charge in [-0.2, -0.15) is 0 Å². The van der Waals surface area contributed by atoms with Crippen LogP contribution in [0.3, 0.4) is 0 Å². The summed E-state index contributed by atoms with van der Waals surface area (Å²) in [5.41, 5.74) is 1.09. The first-order chi connectivity index (χ1) is 10.7. The summed E-state index contributed by atoms with van der Waals surface area (Å²) in [5, 5.41) is 14.7. The minimum atomic E-state index is -0.295. The maximum atomic E-state index is 11.4. The SMILES string of the molecule is O=[N+]([O-])c1cc(N2CCNCC2)ccc1Sc1ccccc1. The summed E-state index contributed by atoms with van der Waals surface area (Å²) in [6, 6.07) is 15.2. The van der Waals surface area contributed by atoms with Crippen LogP contribution in [0.5, 0.6) is 0 Å². The molecule has 1 fully saturated rings. The fraction of sp³-hybridized carbons (Fsp3) is 0.250. The monoisotopic (exact) mass is 315 g/mol. The lowest BCUT2D eigenvalue weighted by atomic mass is 10.2. The smallest absolute Gasteiger partial charge is 0.285 e. The van der Waals surface area contributed by atoms with E-state index in [1.165, 1.54) is 11.8 Å². The van der Waals surface area contributed by atoms with Gasteiger partial charge >= 0.3 is 0 Å². The van der Waals surface area contributed by atoms with E-state index in [0.29, 0.717) is 4.90 Å². The topological polar surface area (TPSA) is 58.4 Å². The van der Waals surface area contributed by atoms with Crippen molar-refractivity contribution >= 4 is 23.1 Å². The van der Waals surface area contributed by atoms with E-state index in [1.807, 2.05) is 42.5 Å². The lowest BCUT2D eigenvalue weighted by molar-refractivity contribution is -0.387. The summed E-state index contributed by atoms with van der Waals surface area (Å²) in [6.07, 6.45) is 0. The molecule has 2 aromatic rings. The number of nitrogens with zero attached hydrogens (tertiary/aromatic N) is 2. The van der Waals surface area contributed by atoms with Crippen molar-refractivity contribution in [3.05, 3.63) is 58.6 Å². The van der Waals surface area contributed by atoms with Crippen molar-refractivity contribution in [1.82, 2.24) is 5.32 Å². The maximum absolute atomic E-state index is 11.4. The molecule has 0 spiro atoms. The molecule has 0 bridgehead atoms. The number of rotatable bonds is 4. The second-order valence-corrected chi connectivity index (χ2v) is 6.18. The van der Waals surface area contributed by atoms with Crippen LogP contribution in [0.4, 0.5) is 11.4 Å². The highest BCUT2D eigenvalue weighted by molar-refractivity contribution is 7.99. The molecule has 2 aromatic carbocycles. The molecular formula is C16H17N3O2S. The number of hydrogen-bond acceptors (Lipinski definition) is 5. The third-order valence-corrected chi connectivity index (χ3v) is 4.67. The number of nitro benzene ring substituents is 1. The first-order valence-electron chi connectivity index (χ1n) is 7.21. The molecule has 1 N–H and O–H groups in total. The average Bonchev–Trinajstić information content (AvgIpc) is 2.57.